The van der Waals surface area contributed by atoms with E-state index >= 15 is 0 Å². The van der Waals surface area contributed by atoms with Gasteiger partial charge >= 0.3 is 0 Å². The van der Waals surface area contributed by atoms with Gasteiger partial charge in [0.05, 0.1) is 5.69 Å². The minimum atomic E-state index is -0.771. The molecule has 0 unspecified atom stereocenters. The summed E-state index contributed by atoms with van der Waals surface area (Å²) in [6, 6.07) is 4.52. The van der Waals surface area contributed by atoms with E-state index < -0.39 is 10.8 Å². The molecular weight excluding hydrogens is 241 g/mol. The Kier molecular flexibility index (Phi) is 3.42. The number of benzene rings is 1. The molecule has 92 valence electrons. The van der Waals surface area contributed by atoms with Crippen LogP contribution < -0.4 is 10.6 Å². The number of hydrogen-bond acceptors (Lipinski definition) is 3. The number of hydrogen-bond donors (Lipinski definition) is 2. The first-order chi connectivity index (χ1) is 8.08. The van der Waals surface area contributed by atoms with Crippen LogP contribution in [0.4, 0.5) is 10.1 Å². The maximum absolute atomic E-state index is 13.8. The number of amidine groups is 1. The Hall–Kier alpha value is -1.43. The molecule has 17 heavy (non-hydrogen) atoms. The maximum atomic E-state index is 13.8. The van der Waals surface area contributed by atoms with Crippen molar-refractivity contribution in [1.82, 2.24) is 0 Å². The van der Waals surface area contributed by atoms with E-state index in [1.807, 2.05) is 4.90 Å². The predicted octanol–water partition coefficient (Wildman–Crippen LogP) is 0.678. The van der Waals surface area contributed by atoms with Crippen molar-refractivity contribution < 1.29 is 8.60 Å². The van der Waals surface area contributed by atoms with Gasteiger partial charge in [-0.15, -0.1) is 0 Å². The monoisotopic (exact) mass is 255 g/mol. The van der Waals surface area contributed by atoms with Crippen LogP contribution in [0.15, 0.2) is 18.2 Å². The SMILES string of the molecule is N=C(N)c1ccc(N2CCS(=O)CC2)c(F)c1. The fraction of sp³-hybridized carbons (Fsp3) is 0.364. The zero-order valence-corrected chi connectivity index (χ0v) is 10.1. The molecule has 0 atom stereocenters. The van der Waals surface area contributed by atoms with Crippen LogP contribution in [0.1, 0.15) is 5.56 Å². The van der Waals surface area contributed by atoms with E-state index in [1.165, 1.54) is 6.07 Å². The lowest BCUT2D eigenvalue weighted by Gasteiger charge is -2.28. The van der Waals surface area contributed by atoms with Crippen LogP contribution in [0.5, 0.6) is 0 Å². The van der Waals surface area contributed by atoms with Crippen molar-refractivity contribution in [2.24, 2.45) is 5.73 Å². The molecule has 6 heteroatoms. The Balaban J connectivity index is 2.21. The van der Waals surface area contributed by atoms with Gasteiger partial charge in [-0.1, -0.05) is 0 Å². The molecule has 1 fully saturated rings. The zero-order valence-electron chi connectivity index (χ0n) is 9.28. The predicted molar refractivity (Wildman–Crippen MR) is 67.5 cm³/mol. The van der Waals surface area contributed by atoms with Crippen molar-refractivity contribution in [2.45, 2.75) is 0 Å². The van der Waals surface area contributed by atoms with Gasteiger partial charge in [0.25, 0.3) is 0 Å². The summed E-state index contributed by atoms with van der Waals surface area (Å²) >= 11 is 0. The van der Waals surface area contributed by atoms with E-state index in [-0.39, 0.29) is 11.7 Å². The van der Waals surface area contributed by atoms with E-state index in [0.717, 1.165) is 0 Å². The third-order valence-corrected chi connectivity index (χ3v) is 4.05. The average Bonchev–Trinajstić information content (AvgIpc) is 2.30. The average molecular weight is 255 g/mol. The van der Waals surface area contributed by atoms with Crippen LogP contribution in [-0.4, -0.2) is 34.6 Å². The molecular formula is C11H14FN3OS. The van der Waals surface area contributed by atoms with Gasteiger partial charge in [0.1, 0.15) is 11.7 Å². The fourth-order valence-electron chi connectivity index (χ4n) is 1.81. The number of anilines is 1. The van der Waals surface area contributed by atoms with E-state index in [2.05, 4.69) is 0 Å². The summed E-state index contributed by atoms with van der Waals surface area (Å²) in [7, 11) is -0.771. The van der Waals surface area contributed by atoms with Gasteiger partial charge in [-0.25, -0.2) is 4.39 Å². The number of nitrogens with zero attached hydrogens (tertiary/aromatic N) is 1. The van der Waals surface area contributed by atoms with Crippen molar-refractivity contribution in [1.29, 1.82) is 5.41 Å². The minimum Gasteiger partial charge on any atom is -0.384 e. The van der Waals surface area contributed by atoms with Crippen molar-refractivity contribution >= 4 is 22.3 Å². The van der Waals surface area contributed by atoms with Crippen molar-refractivity contribution in [3.05, 3.63) is 29.6 Å². The molecule has 1 aromatic rings. The summed E-state index contributed by atoms with van der Waals surface area (Å²) in [5, 5.41) is 7.23. The molecule has 3 N–H and O–H groups in total. The van der Waals surface area contributed by atoms with E-state index in [9.17, 15) is 8.60 Å². The minimum absolute atomic E-state index is 0.143. The van der Waals surface area contributed by atoms with Gasteiger partial charge in [0.2, 0.25) is 0 Å². The topological polar surface area (TPSA) is 70.2 Å². The first-order valence-corrected chi connectivity index (χ1v) is 6.80. The van der Waals surface area contributed by atoms with Gasteiger partial charge in [0, 0.05) is 41.0 Å². The van der Waals surface area contributed by atoms with Crippen molar-refractivity contribution in [3.8, 4) is 0 Å². The lowest BCUT2D eigenvalue weighted by molar-refractivity contribution is 0.617. The van der Waals surface area contributed by atoms with Crippen molar-refractivity contribution in [2.75, 3.05) is 29.5 Å². The molecule has 4 nitrogen and oxygen atoms in total. The molecule has 1 heterocycles. The van der Waals surface area contributed by atoms with Gasteiger partial charge in [0.15, 0.2) is 0 Å². The van der Waals surface area contributed by atoms with Gasteiger partial charge in [-0.3, -0.25) is 9.62 Å². The second-order valence-electron chi connectivity index (χ2n) is 3.91. The molecule has 0 saturated carbocycles. The summed E-state index contributed by atoms with van der Waals surface area (Å²) in [4.78, 5) is 1.88. The molecule has 2 rings (SSSR count). The fourth-order valence-corrected chi connectivity index (χ4v) is 2.86. The Morgan fingerprint density at radius 2 is 2.06 bits per heavy atom. The Bertz CT molecular complexity index is 468. The summed E-state index contributed by atoms with van der Waals surface area (Å²) in [6.07, 6.45) is 0. The van der Waals surface area contributed by atoms with Crippen LogP contribution in [-0.2, 0) is 10.8 Å². The van der Waals surface area contributed by atoms with Gasteiger partial charge in [-0.2, -0.15) is 0 Å². The molecule has 0 spiro atoms. The number of nitrogens with two attached hydrogens (primary N) is 1. The first kappa shape index (κ1) is 12.0. The second kappa shape index (κ2) is 4.83. The van der Waals surface area contributed by atoms with Crippen LogP contribution in [0.3, 0.4) is 0 Å². The largest absolute Gasteiger partial charge is 0.384 e. The first-order valence-electron chi connectivity index (χ1n) is 5.32. The zero-order chi connectivity index (χ0) is 12.4. The van der Waals surface area contributed by atoms with Crippen LogP contribution in [0, 0.1) is 11.2 Å². The molecule has 1 saturated heterocycles. The second-order valence-corrected chi connectivity index (χ2v) is 5.61. The summed E-state index contributed by atoms with van der Waals surface area (Å²) in [6.45, 7) is 1.20. The van der Waals surface area contributed by atoms with Crippen molar-refractivity contribution in [3.63, 3.8) is 0 Å². The smallest absolute Gasteiger partial charge is 0.147 e. The highest BCUT2D eigenvalue weighted by Crippen LogP contribution is 2.21. The lowest BCUT2D eigenvalue weighted by atomic mass is 10.1. The Morgan fingerprint density at radius 1 is 1.41 bits per heavy atom. The Labute approximate surface area is 102 Å². The number of nitrogen functional groups attached to an aromatic ring is 1. The van der Waals surface area contributed by atoms with Crippen LogP contribution >= 0.6 is 0 Å². The highest BCUT2D eigenvalue weighted by molar-refractivity contribution is 7.85. The van der Waals surface area contributed by atoms with E-state index in [0.29, 0.717) is 35.8 Å². The quantitative estimate of drug-likeness (QED) is 0.603. The summed E-state index contributed by atoms with van der Waals surface area (Å²) < 4.78 is 25.0. The highest BCUT2D eigenvalue weighted by atomic mass is 32.2. The summed E-state index contributed by atoms with van der Waals surface area (Å²) in [5.41, 5.74) is 6.17. The molecule has 0 radical (unpaired) electrons. The maximum Gasteiger partial charge on any atom is 0.147 e. The van der Waals surface area contributed by atoms with Crippen LogP contribution in [0.2, 0.25) is 0 Å². The molecule has 0 amide bonds. The third kappa shape index (κ3) is 2.63. The molecule has 0 bridgehead atoms. The van der Waals surface area contributed by atoms with Crippen LogP contribution in [0.25, 0.3) is 0 Å². The molecule has 0 aromatic heterocycles. The molecule has 1 aliphatic heterocycles. The number of nitrogens with one attached hydrogen (secondary N) is 1. The molecule has 1 aromatic carbocycles. The normalized spacial score (nSPS) is 17.1. The standard InChI is InChI=1S/C11H14FN3OS/c12-9-7-8(11(13)14)1-2-10(9)15-3-5-17(16)6-4-15/h1-2,7H,3-6H2,(H3,13,14). The summed E-state index contributed by atoms with van der Waals surface area (Å²) in [5.74, 6) is 0.627. The molecule has 1 aliphatic rings. The van der Waals surface area contributed by atoms with E-state index in [4.69, 9.17) is 11.1 Å². The number of rotatable bonds is 2. The third-order valence-electron chi connectivity index (χ3n) is 2.78. The van der Waals surface area contributed by atoms with Gasteiger partial charge < -0.3 is 10.6 Å². The Morgan fingerprint density at radius 3 is 2.59 bits per heavy atom. The van der Waals surface area contributed by atoms with Gasteiger partial charge in [-0.05, 0) is 18.2 Å². The lowest BCUT2D eigenvalue weighted by Crippen LogP contribution is -2.38. The molecule has 0 aliphatic carbocycles. The highest BCUT2D eigenvalue weighted by Gasteiger charge is 2.18. The van der Waals surface area contributed by atoms with E-state index in [1.54, 1.807) is 12.1 Å². The number of halogens is 1.